The van der Waals surface area contributed by atoms with E-state index in [4.69, 9.17) is 0 Å². The maximum atomic E-state index is 3.31. The van der Waals surface area contributed by atoms with Gasteiger partial charge in [0.25, 0.3) is 0 Å². The van der Waals surface area contributed by atoms with E-state index >= 15 is 0 Å². The van der Waals surface area contributed by atoms with E-state index in [2.05, 4.69) is 81.2 Å². The first-order chi connectivity index (χ1) is 10.1. The number of hydrogen-bond donors (Lipinski definition) is 1. The standard InChI is InChI=1S/C12H16B2.C6H15N/c1(11-3-7-13-8-4-11)2-12-5-9-14-10-6-12;1-5(2)7-6(3)4/h3-14H,1-2H2;5-7H,1-4H3. The van der Waals surface area contributed by atoms with Gasteiger partial charge in [0.1, 0.15) is 0 Å². The molecule has 0 aromatic heterocycles. The van der Waals surface area contributed by atoms with Crippen LogP contribution in [0.3, 0.4) is 0 Å². The van der Waals surface area contributed by atoms with E-state index in [9.17, 15) is 0 Å². The zero-order valence-corrected chi connectivity index (χ0v) is 14.3. The summed E-state index contributed by atoms with van der Waals surface area (Å²) in [5, 5.41) is 3.31. The van der Waals surface area contributed by atoms with Crippen LogP contribution in [0.1, 0.15) is 40.5 Å². The maximum absolute atomic E-state index is 3.31. The minimum atomic E-state index is 0.625. The Morgan fingerprint density at radius 3 is 1.29 bits per heavy atom. The van der Waals surface area contributed by atoms with E-state index in [1.54, 1.807) is 0 Å². The van der Waals surface area contributed by atoms with E-state index in [1.165, 1.54) is 12.8 Å². The molecule has 2 rings (SSSR count). The van der Waals surface area contributed by atoms with Crippen LogP contribution < -0.4 is 5.32 Å². The van der Waals surface area contributed by atoms with Gasteiger partial charge in [0.2, 0.25) is 0 Å². The third-order valence-electron chi connectivity index (χ3n) is 3.58. The van der Waals surface area contributed by atoms with Crippen molar-refractivity contribution in [3.63, 3.8) is 0 Å². The van der Waals surface area contributed by atoms with Crippen LogP contribution in [0.25, 0.3) is 0 Å². The molecule has 0 radical (unpaired) electrons. The number of nitrogens with one attached hydrogen (secondary N) is 1. The molecule has 1 N–H and O–H groups in total. The third-order valence-corrected chi connectivity index (χ3v) is 3.58. The lowest BCUT2D eigenvalue weighted by molar-refractivity contribution is 0.518. The zero-order chi connectivity index (χ0) is 15.5. The van der Waals surface area contributed by atoms with Crippen molar-refractivity contribution < 1.29 is 0 Å². The molecule has 2 aliphatic rings. The van der Waals surface area contributed by atoms with Gasteiger partial charge < -0.3 is 5.32 Å². The van der Waals surface area contributed by atoms with Crippen molar-refractivity contribution in [3.8, 4) is 0 Å². The van der Waals surface area contributed by atoms with Crippen LogP contribution in [0.2, 0.25) is 0 Å². The first-order valence-electron chi connectivity index (χ1n) is 8.50. The highest BCUT2D eigenvalue weighted by Gasteiger charge is 2.07. The normalized spacial score (nSPS) is 17.6. The smallest absolute Gasteiger partial charge is 0.172 e. The average molecular weight is 283 g/mol. The van der Waals surface area contributed by atoms with Gasteiger partial charge >= 0.3 is 0 Å². The Balaban J connectivity index is 0.000000270. The van der Waals surface area contributed by atoms with Crippen molar-refractivity contribution in [2.24, 2.45) is 11.8 Å². The number of rotatable bonds is 5. The fraction of sp³-hybridized carbons (Fsp3) is 0.556. The van der Waals surface area contributed by atoms with Gasteiger partial charge in [0.15, 0.2) is 14.6 Å². The molecule has 0 bridgehead atoms. The molecule has 0 amide bonds. The first kappa shape index (κ1) is 18.1. The Hall–Kier alpha value is -0.950. The van der Waals surface area contributed by atoms with Crippen molar-refractivity contribution in [1.29, 1.82) is 0 Å². The lowest BCUT2D eigenvalue weighted by Crippen LogP contribution is -2.29. The molecule has 3 heteroatoms. The summed E-state index contributed by atoms with van der Waals surface area (Å²) in [6.07, 6.45) is 11.9. The summed E-state index contributed by atoms with van der Waals surface area (Å²) in [5.41, 5.74) is 0. The summed E-state index contributed by atoms with van der Waals surface area (Å²) in [7, 11) is 2.25. The molecule has 0 spiro atoms. The third kappa shape index (κ3) is 9.57. The van der Waals surface area contributed by atoms with E-state index in [1.807, 2.05) is 0 Å². The minimum absolute atomic E-state index is 0.625. The zero-order valence-electron chi connectivity index (χ0n) is 14.3. The lowest BCUT2D eigenvalue weighted by Gasteiger charge is -2.14. The fourth-order valence-electron chi connectivity index (χ4n) is 2.74. The van der Waals surface area contributed by atoms with Crippen LogP contribution in [-0.4, -0.2) is 26.6 Å². The van der Waals surface area contributed by atoms with Crippen LogP contribution in [0.5, 0.6) is 0 Å². The Morgan fingerprint density at radius 1 is 0.714 bits per heavy atom. The Kier molecular flexibility index (Phi) is 9.25. The molecule has 0 saturated heterocycles. The van der Waals surface area contributed by atoms with E-state index < -0.39 is 0 Å². The molecule has 0 unspecified atom stereocenters. The Labute approximate surface area is 133 Å². The van der Waals surface area contributed by atoms with Gasteiger partial charge in [0, 0.05) is 12.1 Å². The van der Waals surface area contributed by atoms with Crippen molar-refractivity contribution in [3.05, 3.63) is 48.2 Å². The minimum Gasteiger partial charge on any atom is -0.312 e. The van der Waals surface area contributed by atoms with Crippen molar-refractivity contribution in [2.45, 2.75) is 52.6 Å². The molecule has 0 aromatic carbocycles. The van der Waals surface area contributed by atoms with E-state index in [0.29, 0.717) is 23.9 Å². The second-order valence-corrected chi connectivity index (χ2v) is 6.57. The van der Waals surface area contributed by atoms with Crippen molar-refractivity contribution in [2.75, 3.05) is 0 Å². The second-order valence-electron chi connectivity index (χ2n) is 6.57. The Bertz CT molecular complexity index is 321. The molecular formula is C18H31B2N. The predicted molar refractivity (Wildman–Crippen MR) is 100 cm³/mol. The maximum Gasteiger partial charge on any atom is 0.172 e. The molecule has 2 heterocycles. The fourth-order valence-corrected chi connectivity index (χ4v) is 2.74. The molecule has 0 aliphatic carbocycles. The van der Waals surface area contributed by atoms with Crippen LogP contribution >= 0.6 is 0 Å². The topological polar surface area (TPSA) is 12.0 Å². The van der Waals surface area contributed by atoms with Crippen LogP contribution in [0.15, 0.2) is 48.2 Å². The van der Waals surface area contributed by atoms with E-state index in [-0.39, 0.29) is 0 Å². The second kappa shape index (κ2) is 10.7. The summed E-state index contributed by atoms with van der Waals surface area (Å²) in [4.78, 5) is 0. The van der Waals surface area contributed by atoms with Crippen molar-refractivity contribution in [1.82, 2.24) is 5.32 Å². The largest absolute Gasteiger partial charge is 0.312 e. The molecule has 1 nitrogen and oxygen atoms in total. The summed E-state index contributed by atoms with van der Waals surface area (Å²) in [5.74, 6) is 10.5. The summed E-state index contributed by atoms with van der Waals surface area (Å²) < 4.78 is 0. The number of hydrogen-bond acceptors (Lipinski definition) is 1. The number of allylic oxidation sites excluding steroid dienone is 4. The first-order valence-corrected chi connectivity index (χ1v) is 8.50. The van der Waals surface area contributed by atoms with Gasteiger partial charge in [-0.3, -0.25) is 0 Å². The van der Waals surface area contributed by atoms with Gasteiger partial charge in [-0.25, -0.2) is 0 Å². The molecule has 2 aliphatic heterocycles. The molecule has 0 aromatic rings. The molecule has 0 atom stereocenters. The summed E-state index contributed by atoms with van der Waals surface area (Å²) in [6, 6.07) is 1.25. The van der Waals surface area contributed by atoms with Crippen molar-refractivity contribution >= 4 is 14.6 Å². The quantitative estimate of drug-likeness (QED) is 0.763. The highest BCUT2D eigenvalue weighted by atomic mass is 14.9. The van der Waals surface area contributed by atoms with Crippen LogP contribution in [0, 0.1) is 11.8 Å². The molecule has 21 heavy (non-hydrogen) atoms. The Morgan fingerprint density at radius 2 is 1.05 bits per heavy atom. The molecular weight excluding hydrogens is 252 g/mol. The van der Waals surface area contributed by atoms with Gasteiger partial charge in [-0.1, -0.05) is 52.0 Å². The summed E-state index contributed by atoms with van der Waals surface area (Å²) >= 11 is 0. The van der Waals surface area contributed by atoms with Gasteiger partial charge in [-0.15, -0.1) is 23.9 Å². The monoisotopic (exact) mass is 283 g/mol. The van der Waals surface area contributed by atoms with Gasteiger partial charge in [0.05, 0.1) is 0 Å². The highest BCUT2D eigenvalue weighted by molar-refractivity contribution is 6.48. The lowest BCUT2D eigenvalue weighted by atomic mass is 9.71. The molecule has 0 saturated carbocycles. The molecule has 0 fully saturated rings. The van der Waals surface area contributed by atoms with Crippen LogP contribution in [0.4, 0.5) is 0 Å². The molecule has 114 valence electrons. The predicted octanol–water partition coefficient (Wildman–Crippen LogP) is 3.35. The highest BCUT2D eigenvalue weighted by Crippen LogP contribution is 2.19. The van der Waals surface area contributed by atoms with Gasteiger partial charge in [-0.2, -0.15) is 0 Å². The van der Waals surface area contributed by atoms with Gasteiger partial charge in [-0.05, 0) is 24.7 Å². The summed E-state index contributed by atoms with van der Waals surface area (Å²) in [6.45, 7) is 8.61. The SMILES string of the molecule is B1C=CC(CCC2C=CBC=C2)C=C1.CC(C)NC(C)C. The average Bonchev–Trinajstić information content (AvgIpc) is 2.46. The van der Waals surface area contributed by atoms with Crippen LogP contribution in [-0.2, 0) is 0 Å². The van der Waals surface area contributed by atoms with E-state index in [0.717, 1.165) is 14.6 Å².